The maximum absolute atomic E-state index is 3.14. The van der Waals surface area contributed by atoms with Gasteiger partial charge in [-0.3, -0.25) is 10.9 Å². The topological polar surface area (TPSA) is 24.1 Å². The fourth-order valence-electron chi connectivity index (χ4n) is 1.46. The van der Waals surface area contributed by atoms with Crippen molar-refractivity contribution >= 4 is 0 Å². The van der Waals surface area contributed by atoms with E-state index in [0.717, 1.165) is 12.5 Å². The lowest BCUT2D eigenvalue weighted by atomic mass is 10.1. The summed E-state index contributed by atoms with van der Waals surface area (Å²) in [6, 6.07) is 0. The van der Waals surface area contributed by atoms with Gasteiger partial charge in [0.25, 0.3) is 0 Å². The van der Waals surface area contributed by atoms with E-state index in [-0.39, 0.29) is 0 Å². The fraction of sp³-hybridized carbons (Fsp3) is 1.00. The molecule has 1 aliphatic carbocycles. The maximum Gasteiger partial charge on any atom is 0.0128 e. The Bertz CT molecular complexity index is 67.3. The fourth-order valence-corrected chi connectivity index (χ4v) is 1.46. The largest absolute Gasteiger partial charge is 0.261 e. The van der Waals surface area contributed by atoms with E-state index in [2.05, 4.69) is 10.9 Å². The molecule has 2 heteroatoms. The third kappa shape index (κ3) is 2.33. The molecular formula is C7H16N2. The molecule has 2 N–H and O–H groups in total. The van der Waals surface area contributed by atoms with Gasteiger partial charge in [-0.15, -0.1) is 0 Å². The van der Waals surface area contributed by atoms with E-state index in [1.807, 2.05) is 7.05 Å². The van der Waals surface area contributed by atoms with Crippen molar-refractivity contribution in [3.8, 4) is 0 Å². The van der Waals surface area contributed by atoms with E-state index >= 15 is 0 Å². The van der Waals surface area contributed by atoms with Crippen LogP contribution in [-0.2, 0) is 0 Å². The lowest BCUT2D eigenvalue weighted by Gasteiger charge is -2.07. The standard InChI is InChI=1S/C7H16N2/c1-8-9-6-7-4-2-3-5-7/h7-9H,2-6H2,1H3. The van der Waals surface area contributed by atoms with E-state index in [4.69, 9.17) is 0 Å². The molecule has 0 radical (unpaired) electrons. The summed E-state index contributed by atoms with van der Waals surface area (Å²) in [4.78, 5) is 0. The van der Waals surface area contributed by atoms with E-state index in [9.17, 15) is 0 Å². The second kappa shape index (κ2) is 3.85. The molecule has 0 spiro atoms. The Labute approximate surface area is 57.0 Å². The highest BCUT2D eigenvalue weighted by atomic mass is 15.3. The predicted octanol–water partition coefficient (Wildman–Crippen LogP) is 0.901. The quantitative estimate of drug-likeness (QED) is 0.552. The van der Waals surface area contributed by atoms with Crippen molar-refractivity contribution in [3.63, 3.8) is 0 Å². The number of rotatable bonds is 3. The molecule has 1 fully saturated rings. The zero-order chi connectivity index (χ0) is 6.53. The van der Waals surface area contributed by atoms with Crippen LogP contribution in [0, 0.1) is 5.92 Å². The molecule has 0 aromatic heterocycles. The Balaban J connectivity index is 1.98. The van der Waals surface area contributed by atoms with Crippen LogP contribution in [0.15, 0.2) is 0 Å². The molecule has 0 saturated heterocycles. The van der Waals surface area contributed by atoms with Crippen molar-refractivity contribution in [1.29, 1.82) is 0 Å². The molecule has 0 amide bonds. The first-order valence-corrected chi connectivity index (χ1v) is 3.83. The molecule has 0 aliphatic heterocycles. The Hall–Kier alpha value is -0.0800. The summed E-state index contributed by atoms with van der Waals surface area (Å²) in [5.41, 5.74) is 6.08. The molecule has 9 heavy (non-hydrogen) atoms. The van der Waals surface area contributed by atoms with Crippen molar-refractivity contribution in [1.82, 2.24) is 10.9 Å². The second-order valence-electron chi connectivity index (χ2n) is 2.78. The van der Waals surface area contributed by atoms with Gasteiger partial charge in [0, 0.05) is 6.54 Å². The van der Waals surface area contributed by atoms with Crippen molar-refractivity contribution in [2.24, 2.45) is 5.92 Å². The minimum atomic E-state index is 0.942. The monoisotopic (exact) mass is 128 g/mol. The van der Waals surface area contributed by atoms with Crippen LogP contribution >= 0.6 is 0 Å². The van der Waals surface area contributed by atoms with Gasteiger partial charge in [-0.2, -0.15) is 0 Å². The van der Waals surface area contributed by atoms with Crippen LogP contribution < -0.4 is 10.9 Å². The van der Waals surface area contributed by atoms with Crippen molar-refractivity contribution in [3.05, 3.63) is 0 Å². The molecule has 0 heterocycles. The van der Waals surface area contributed by atoms with Crippen molar-refractivity contribution < 1.29 is 0 Å². The van der Waals surface area contributed by atoms with Crippen LogP contribution in [0.2, 0.25) is 0 Å². The molecule has 1 rings (SSSR count). The van der Waals surface area contributed by atoms with Gasteiger partial charge in [-0.05, 0) is 25.8 Å². The second-order valence-corrected chi connectivity index (χ2v) is 2.78. The van der Waals surface area contributed by atoms with Gasteiger partial charge in [0.2, 0.25) is 0 Å². The summed E-state index contributed by atoms with van der Waals surface area (Å²) < 4.78 is 0. The molecule has 0 atom stereocenters. The highest BCUT2D eigenvalue weighted by Crippen LogP contribution is 2.23. The predicted molar refractivity (Wildman–Crippen MR) is 39.0 cm³/mol. The van der Waals surface area contributed by atoms with Crippen LogP contribution in [-0.4, -0.2) is 13.6 Å². The van der Waals surface area contributed by atoms with Gasteiger partial charge in [-0.1, -0.05) is 12.8 Å². The van der Waals surface area contributed by atoms with Crippen LogP contribution in [0.3, 0.4) is 0 Å². The molecular weight excluding hydrogens is 112 g/mol. The van der Waals surface area contributed by atoms with Gasteiger partial charge < -0.3 is 0 Å². The lowest BCUT2D eigenvalue weighted by Crippen LogP contribution is -2.31. The first kappa shape index (κ1) is 7.03. The Morgan fingerprint density at radius 2 is 2.00 bits per heavy atom. The average molecular weight is 128 g/mol. The van der Waals surface area contributed by atoms with Crippen molar-refractivity contribution in [2.75, 3.05) is 13.6 Å². The third-order valence-corrected chi connectivity index (χ3v) is 2.04. The first-order valence-electron chi connectivity index (χ1n) is 3.83. The minimum Gasteiger partial charge on any atom is -0.261 e. The summed E-state index contributed by atoms with van der Waals surface area (Å²) in [6.07, 6.45) is 5.73. The van der Waals surface area contributed by atoms with Crippen LogP contribution in [0.5, 0.6) is 0 Å². The van der Waals surface area contributed by atoms with E-state index in [1.165, 1.54) is 25.7 Å². The maximum atomic E-state index is 3.14. The zero-order valence-electron chi connectivity index (χ0n) is 6.11. The van der Waals surface area contributed by atoms with Gasteiger partial charge in [0.05, 0.1) is 0 Å². The Kier molecular flexibility index (Phi) is 3.01. The lowest BCUT2D eigenvalue weighted by molar-refractivity contribution is 0.457. The zero-order valence-corrected chi connectivity index (χ0v) is 6.11. The van der Waals surface area contributed by atoms with Crippen molar-refractivity contribution in [2.45, 2.75) is 25.7 Å². The van der Waals surface area contributed by atoms with E-state index in [1.54, 1.807) is 0 Å². The van der Waals surface area contributed by atoms with Gasteiger partial charge in [-0.25, -0.2) is 0 Å². The summed E-state index contributed by atoms with van der Waals surface area (Å²) >= 11 is 0. The van der Waals surface area contributed by atoms with E-state index < -0.39 is 0 Å². The molecule has 0 unspecified atom stereocenters. The SMILES string of the molecule is CNNCC1CCCC1. The smallest absolute Gasteiger partial charge is 0.0128 e. The molecule has 54 valence electrons. The average Bonchev–Trinajstić information content (AvgIpc) is 2.34. The van der Waals surface area contributed by atoms with Crippen LogP contribution in [0.1, 0.15) is 25.7 Å². The third-order valence-electron chi connectivity index (χ3n) is 2.04. The molecule has 0 bridgehead atoms. The first-order chi connectivity index (χ1) is 4.43. The Morgan fingerprint density at radius 3 is 2.56 bits per heavy atom. The van der Waals surface area contributed by atoms with E-state index in [0.29, 0.717) is 0 Å². The van der Waals surface area contributed by atoms with Crippen LogP contribution in [0.4, 0.5) is 0 Å². The normalized spacial score (nSPS) is 21.0. The molecule has 0 aromatic carbocycles. The summed E-state index contributed by atoms with van der Waals surface area (Å²) in [7, 11) is 1.93. The highest BCUT2D eigenvalue weighted by Gasteiger charge is 2.13. The molecule has 1 aliphatic rings. The molecule has 2 nitrogen and oxygen atoms in total. The van der Waals surface area contributed by atoms with Crippen LogP contribution in [0.25, 0.3) is 0 Å². The molecule has 1 saturated carbocycles. The number of hydrazine groups is 1. The Morgan fingerprint density at radius 1 is 1.33 bits per heavy atom. The summed E-state index contributed by atoms with van der Waals surface area (Å²) in [6.45, 7) is 1.15. The van der Waals surface area contributed by atoms with Gasteiger partial charge in [0.1, 0.15) is 0 Å². The highest BCUT2D eigenvalue weighted by molar-refractivity contribution is 4.67. The van der Waals surface area contributed by atoms with Gasteiger partial charge >= 0.3 is 0 Å². The number of nitrogens with one attached hydrogen (secondary N) is 2. The number of hydrogen-bond acceptors (Lipinski definition) is 2. The summed E-state index contributed by atoms with van der Waals surface area (Å²) in [5, 5.41) is 0. The minimum absolute atomic E-state index is 0.942. The van der Waals surface area contributed by atoms with Gasteiger partial charge in [0.15, 0.2) is 0 Å². The summed E-state index contributed by atoms with van der Waals surface area (Å²) in [5.74, 6) is 0.942. The molecule has 0 aromatic rings. The number of hydrogen-bond donors (Lipinski definition) is 2.